The molecule has 2 N–H and O–H groups in total. The standard InChI is InChI=1S/C14H10Cl2N2S.C2HF3O2/c15-10-8-19-14-11(6-12(16)18-13(10)14)17-7-9-4-2-1-3-5-9;3-2(4,5)1(6)7/h1-6,8H,7H2,(H,17,18);(H,6,7). The first-order valence-electron chi connectivity index (χ1n) is 6.99. The van der Waals surface area contributed by atoms with Gasteiger partial charge in [-0.3, -0.25) is 0 Å². The summed E-state index contributed by atoms with van der Waals surface area (Å²) in [5, 5.41) is 13.5. The zero-order valence-corrected chi connectivity index (χ0v) is 15.2. The van der Waals surface area contributed by atoms with Crippen LogP contribution in [-0.4, -0.2) is 22.2 Å². The minimum absolute atomic E-state index is 0.448. The van der Waals surface area contributed by atoms with E-state index in [1.54, 1.807) is 11.3 Å². The van der Waals surface area contributed by atoms with Crippen molar-refractivity contribution in [1.29, 1.82) is 0 Å². The van der Waals surface area contributed by atoms with Gasteiger partial charge in [-0.25, -0.2) is 9.78 Å². The number of hydrogen-bond acceptors (Lipinski definition) is 4. The van der Waals surface area contributed by atoms with Crippen molar-refractivity contribution in [3.05, 3.63) is 57.5 Å². The normalized spacial score (nSPS) is 11.0. The molecule has 0 aliphatic carbocycles. The Morgan fingerprint density at radius 1 is 1.23 bits per heavy atom. The van der Waals surface area contributed by atoms with Crippen LogP contribution in [-0.2, 0) is 11.3 Å². The van der Waals surface area contributed by atoms with E-state index in [-0.39, 0.29) is 0 Å². The van der Waals surface area contributed by atoms with Crippen molar-refractivity contribution in [1.82, 2.24) is 4.98 Å². The summed E-state index contributed by atoms with van der Waals surface area (Å²) < 4.78 is 32.8. The van der Waals surface area contributed by atoms with Crippen LogP contribution in [0.15, 0.2) is 41.8 Å². The molecule has 10 heteroatoms. The van der Waals surface area contributed by atoms with Crippen molar-refractivity contribution in [3.63, 3.8) is 0 Å². The van der Waals surface area contributed by atoms with Crippen LogP contribution in [0.4, 0.5) is 18.9 Å². The number of carbonyl (C=O) groups is 1. The molecule has 2 aromatic heterocycles. The van der Waals surface area contributed by atoms with E-state index < -0.39 is 12.1 Å². The number of fused-ring (bicyclic) bond motifs is 1. The van der Waals surface area contributed by atoms with Gasteiger partial charge >= 0.3 is 12.1 Å². The van der Waals surface area contributed by atoms with Crippen molar-refractivity contribution in [2.75, 3.05) is 5.32 Å². The van der Waals surface area contributed by atoms with E-state index in [4.69, 9.17) is 33.1 Å². The smallest absolute Gasteiger partial charge is 0.475 e. The van der Waals surface area contributed by atoms with Gasteiger partial charge in [0.15, 0.2) is 0 Å². The quantitative estimate of drug-likeness (QED) is 0.519. The van der Waals surface area contributed by atoms with Gasteiger partial charge in [0.1, 0.15) is 10.7 Å². The van der Waals surface area contributed by atoms with Crippen molar-refractivity contribution < 1.29 is 23.1 Å². The summed E-state index contributed by atoms with van der Waals surface area (Å²) in [6.45, 7) is 0.742. The number of thiophene rings is 1. The summed E-state index contributed by atoms with van der Waals surface area (Å²) in [5.74, 6) is -2.76. The maximum atomic E-state index is 10.6. The summed E-state index contributed by atoms with van der Waals surface area (Å²) in [5.41, 5.74) is 2.94. The molecule has 4 nitrogen and oxygen atoms in total. The van der Waals surface area contributed by atoms with Crippen LogP contribution in [0.2, 0.25) is 10.2 Å². The number of halogens is 5. The molecule has 3 rings (SSSR count). The molecule has 0 aliphatic heterocycles. The molecule has 3 aromatic rings. The molecule has 26 heavy (non-hydrogen) atoms. The third-order valence-electron chi connectivity index (χ3n) is 3.02. The first-order chi connectivity index (χ1) is 12.2. The minimum Gasteiger partial charge on any atom is -0.475 e. The molecule has 0 fully saturated rings. The summed E-state index contributed by atoms with van der Waals surface area (Å²) in [6.07, 6.45) is -5.08. The van der Waals surface area contributed by atoms with Crippen LogP contribution in [0.3, 0.4) is 0 Å². The number of carboxylic acids is 1. The third-order valence-corrected chi connectivity index (χ3v) is 4.63. The molecule has 138 valence electrons. The molecule has 0 saturated heterocycles. The van der Waals surface area contributed by atoms with E-state index in [0.717, 1.165) is 22.4 Å². The van der Waals surface area contributed by atoms with Crippen molar-refractivity contribution in [2.45, 2.75) is 12.7 Å². The van der Waals surface area contributed by atoms with E-state index in [0.29, 0.717) is 10.2 Å². The fraction of sp³-hybridized carbons (Fsp3) is 0.125. The second kappa shape index (κ2) is 8.57. The third kappa shape index (κ3) is 5.48. The van der Waals surface area contributed by atoms with Crippen LogP contribution in [0.25, 0.3) is 10.2 Å². The van der Waals surface area contributed by atoms with Gasteiger partial charge in [-0.05, 0) is 5.56 Å². The number of nitrogens with one attached hydrogen (secondary N) is 1. The highest BCUT2D eigenvalue weighted by molar-refractivity contribution is 7.18. The van der Waals surface area contributed by atoms with Gasteiger partial charge in [-0.2, -0.15) is 13.2 Å². The van der Waals surface area contributed by atoms with Gasteiger partial charge in [-0.1, -0.05) is 53.5 Å². The van der Waals surface area contributed by atoms with E-state index in [9.17, 15) is 13.2 Å². The fourth-order valence-electron chi connectivity index (χ4n) is 1.87. The van der Waals surface area contributed by atoms with Crippen molar-refractivity contribution in [3.8, 4) is 0 Å². The summed E-state index contributed by atoms with van der Waals surface area (Å²) in [4.78, 5) is 13.2. The van der Waals surface area contributed by atoms with E-state index in [1.165, 1.54) is 5.56 Å². The number of alkyl halides is 3. The summed E-state index contributed by atoms with van der Waals surface area (Å²) in [6, 6.07) is 12.0. The molecule has 1 aromatic carbocycles. The highest BCUT2D eigenvalue weighted by Gasteiger charge is 2.38. The lowest BCUT2D eigenvalue weighted by Crippen LogP contribution is -2.21. The van der Waals surface area contributed by atoms with E-state index in [2.05, 4.69) is 22.4 Å². The number of pyridine rings is 1. The first-order valence-corrected chi connectivity index (χ1v) is 8.63. The summed E-state index contributed by atoms with van der Waals surface area (Å²) in [7, 11) is 0. The second-order valence-corrected chi connectivity index (χ2v) is 6.57. The lowest BCUT2D eigenvalue weighted by Gasteiger charge is -2.08. The Morgan fingerprint density at radius 3 is 2.42 bits per heavy atom. The number of anilines is 1. The Labute approximate surface area is 160 Å². The molecular weight excluding hydrogens is 412 g/mol. The Bertz CT molecular complexity index is 902. The minimum atomic E-state index is -5.08. The Morgan fingerprint density at radius 2 is 1.85 bits per heavy atom. The zero-order valence-electron chi connectivity index (χ0n) is 12.8. The van der Waals surface area contributed by atoms with Gasteiger partial charge in [0.25, 0.3) is 0 Å². The van der Waals surface area contributed by atoms with Gasteiger partial charge in [-0.15, -0.1) is 11.3 Å². The molecule has 0 amide bonds. The van der Waals surface area contributed by atoms with Crippen LogP contribution >= 0.6 is 34.5 Å². The van der Waals surface area contributed by atoms with Crippen molar-refractivity contribution >= 4 is 56.4 Å². The predicted octanol–water partition coefficient (Wildman–Crippen LogP) is 5.85. The Balaban J connectivity index is 0.000000298. The van der Waals surface area contributed by atoms with Crippen LogP contribution in [0.5, 0.6) is 0 Å². The highest BCUT2D eigenvalue weighted by atomic mass is 35.5. The second-order valence-electron chi connectivity index (χ2n) is 4.90. The number of nitrogens with zero attached hydrogens (tertiary/aromatic N) is 1. The number of carboxylic acid groups (broad SMARTS) is 1. The maximum Gasteiger partial charge on any atom is 0.490 e. The lowest BCUT2D eigenvalue weighted by molar-refractivity contribution is -0.192. The van der Waals surface area contributed by atoms with Gasteiger partial charge in [0, 0.05) is 18.0 Å². The van der Waals surface area contributed by atoms with Gasteiger partial charge < -0.3 is 10.4 Å². The molecular formula is C16H11Cl2F3N2O2S. The van der Waals surface area contributed by atoms with E-state index >= 15 is 0 Å². The Kier molecular flexibility index (Phi) is 6.69. The number of hydrogen-bond donors (Lipinski definition) is 2. The first kappa shape index (κ1) is 20.3. The zero-order chi connectivity index (χ0) is 19.3. The number of aromatic nitrogens is 1. The molecule has 0 radical (unpaired) electrons. The van der Waals surface area contributed by atoms with Gasteiger partial charge in [0.2, 0.25) is 0 Å². The molecule has 0 aliphatic rings. The fourth-order valence-corrected chi connectivity index (χ4v) is 3.25. The average Bonchev–Trinajstić information content (AvgIpc) is 2.94. The largest absolute Gasteiger partial charge is 0.490 e. The molecule has 0 unspecified atom stereocenters. The maximum absolute atomic E-state index is 10.6. The molecule has 0 atom stereocenters. The monoisotopic (exact) mass is 422 g/mol. The SMILES string of the molecule is Clc1cc(NCc2ccccc2)c2scc(Cl)c2n1.O=C(O)C(F)(F)F. The highest BCUT2D eigenvalue weighted by Crippen LogP contribution is 2.35. The van der Waals surface area contributed by atoms with E-state index in [1.807, 2.05) is 29.6 Å². The topological polar surface area (TPSA) is 62.2 Å². The molecule has 0 spiro atoms. The number of benzene rings is 1. The summed E-state index contributed by atoms with van der Waals surface area (Å²) >= 11 is 13.7. The average molecular weight is 423 g/mol. The van der Waals surface area contributed by atoms with Crippen LogP contribution in [0, 0.1) is 0 Å². The Hall–Kier alpha value is -2.03. The molecule has 0 saturated carbocycles. The van der Waals surface area contributed by atoms with Crippen molar-refractivity contribution in [2.24, 2.45) is 0 Å². The van der Waals surface area contributed by atoms with Gasteiger partial charge in [0.05, 0.1) is 15.4 Å². The number of rotatable bonds is 3. The predicted molar refractivity (Wildman–Crippen MR) is 97.1 cm³/mol. The molecule has 2 heterocycles. The van der Waals surface area contributed by atoms with Crippen LogP contribution in [0.1, 0.15) is 5.56 Å². The lowest BCUT2D eigenvalue weighted by atomic mass is 10.2. The van der Waals surface area contributed by atoms with Crippen LogP contribution < -0.4 is 5.32 Å². The number of aliphatic carboxylic acids is 1. The molecule has 0 bridgehead atoms.